The van der Waals surface area contributed by atoms with E-state index in [1.807, 2.05) is 18.4 Å². The molecular formula is C22H35N5O3. The maximum Gasteiger partial charge on any atom is 0.333 e. The molecule has 0 saturated heterocycles. The highest BCUT2D eigenvalue weighted by Gasteiger charge is 2.25. The Labute approximate surface area is 177 Å². The molecule has 2 heterocycles. The molecule has 1 fully saturated rings. The van der Waals surface area contributed by atoms with Crippen LogP contribution < -0.4 is 11.2 Å². The minimum absolute atomic E-state index is 0.188. The van der Waals surface area contributed by atoms with E-state index in [0.717, 1.165) is 30.3 Å². The lowest BCUT2D eigenvalue weighted by Gasteiger charge is -2.31. The number of amides is 1. The maximum atomic E-state index is 13.3. The van der Waals surface area contributed by atoms with Gasteiger partial charge < -0.3 is 9.47 Å². The summed E-state index contributed by atoms with van der Waals surface area (Å²) in [6.07, 6.45) is 7.02. The summed E-state index contributed by atoms with van der Waals surface area (Å²) in [5.74, 6) is 0.332. The normalized spacial score (nSPS) is 15.4. The lowest BCUT2D eigenvalue weighted by Crippen LogP contribution is -2.47. The molecule has 0 N–H and O–H groups in total. The number of imidazole rings is 1. The van der Waals surface area contributed by atoms with E-state index in [0.29, 0.717) is 30.2 Å². The largest absolute Gasteiger partial charge is 0.341 e. The zero-order valence-electron chi connectivity index (χ0n) is 18.9. The molecule has 0 aliphatic heterocycles. The third-order valence-electron chi connectivity index (χ3n) is 5.90. The van der Waals surface area contributed by atoms with Gasteiger partial charge in [-0.2, -0.15) is 0 Å². The summed E-state index contributed by atoms with van der Waals surface area (Å²) in [4.78, 5) is 45.6. The van der Waals surface area contributed by atoms with Crippen molar-refractivity contribution in [1.29, 1.82) is 0 Å². The summed E-state index contributed by atoms with van der Waals surface area (Å²) < 4.78 is 4.46. The van der Waals surface area contributed by atoms with Crippen LogP contribution in [0.4, 0.5) is 0 Å². The van der Waals surface area contributed by atoms with Gasteiger partial charge in [-0.1, -0.05) is 47.0 Å². The Balaban J connectivity index is 2.05. The van der Waals surface area contributed by atoms with Crippen LogP contribution in [0, 0.1) is 11.8 Å². The fourth-order valence-electron chi connectivity index (χ4n) is 4.36. The van der Waals surface area contributed by atoms with E-state index in [4.69, 9.17) is 0 Å². The topological polar surface area (TPSA) is 82.1 Å². The summed E-state index contributed by atoms with van der Waals surface area (Å²) in [6, 6.07) is 0.190. The highest BCUT2D eigenvalue weighted by molar-refractivity contribution is 5.77. The van der Waals surface area contributed by atoms with E-state index in [1.165, 1.54) is 6.42 Å². The monoisotopic (exact) mass is 417 g/mol. The SMILES string of the molecule is CC(C)Cn1cnc2c1c(=O)n(CC(=O)N(C)C1CCCCC1)c(=O)n2CC(C)C. The molecule has 1 aliphatic carbocycles. The molecular weight excluding hydrogens is 382 g/mol. The maximum absolute atomic E-state index is 13.3. The average molecular weight is 418 g/mol. The van der Waals surface area contributed by atoms with Crippen molar-refractivity contribution >= 4 is 17.1 Å². The molecule has 8 heteroatoms. The number of fused-ring (bicyclic) bond motifs is 1. The molecule has 8 nitrogen and oxygen atoms in total. The predicted octanol–water partition coefficient (Wildman–Crippen LogP) is 2.46. The predicted molar refractivity (Wildman–Crippen MR) is 118 cm³/mol. The number of carbonyl (C=O) groups excluding carboxylic acids is 1. The second kappa shape index (κ2) is 9.18. The number of aromatic nitrogens is 4. The zero-order chi connectivity index (χ0) is 22.0. The van der Waals surface area contributed by atoms with Crippen LogP contribution in [-0.2, 0) is 24.4 Å². The molecule has 0 atom stereocenters. The number of carbonyl (C=O) groups is 1. The number of likely N-dealkylation sites (N-methyl/N-ethyl adjacent to an activating group) is 1. The van der Waals surface area contributed by atoms with E-state index in [9.17, 15) is 14.4 Å². The highest BCUT2D eigenvalue weighted by Crippen LogP contribution is 2.21. The van der Waals surface area contributed by atoms with Gasteiger partial charge in [0.05, 0.1) is 6.33 Å². The Hall–Kier alpha value is -2.38. The van der Waals surface area contributed by atoms with Crippen molar-refractivity contribution in [1.82, 2.24) is 23.6 Å². The molecule has 1 saturated carbocycles. The minimum atomic E-state index is -0.457. The second-order valence-corrected chi connectivity index (χ2v) is 9.44. The van der Waals surface area contributed by atoms with Gasteiger partial charge in [-0.25, -0.2) is 14.3 Å². The van der Waals surface area contributed by atoms with Gasteiger partial charge in [0.2, 0.25) is 5.91 Å². The van der Waals surface area contributed by atoms with Crippen LogP contribution >= 0.6 is 0 Å². The van der Waals surface area contributed by atoms with Gasteiger partial charge >= 0.3 is 5.69 Å². The van der Waals surface area contributed by atoms with Gasteiger partial charge in [0, 0.05) is 26.2 Å². The molecule has 1 amide bonds. The average Bonchev–Trinajstić information content (AvgIpc) is 3.11. The van der Waals surface area contributed by atoms with Gasteiger partial charge in [0.25, 0.3) is 5.56 Å². The smallest absolute Gasteiger partial charge is 0.333 e. The molecule has 1 aliphatic rings. The first-order chi connectivity index (χ1) is 14.2. The van der Waals surface area contributed by atoms with E-state index in [2.05, 4.69) is 18.8 Å². The van der Waals surface area contributed by atoms with E-state index >= 15 is 0 Å². The van der Waals surface area contributed by atoms with Gasteiger partial charge in [-0.3, -0.25) is 14.2 Å². The Morgan fingerprint density at radius 1 is 1.07 bits per heavy atom. The first-order valence-electron chi connectivity index (χ1n) is 11.1. The Morgan fingerprint density at radius 2 is 1.70 bits per heavy atom. The number of nitrogens with zero attached hydrogens (tertiary/aromatic N) is 5. The summed E-state index contributed by atoms with van der Waals surface area (Å²) in [5.41, 5.74) is -0.0827. The van der Waals surface area contributed by atoms with Crippen molar-refractivity contribution in [3.63, 3.8) is 0 Å². The van der Waals surface area contributed by atoms with Crippen molar-refractivity contribution in [2.75, 3.05) is 7.05 Å². The lowest BCUT2D eigenvalue weighted by molar-refractivity contribution is -0.133. The van der Waals surface area contributed by atoms with Crippen molar-refractivity contribution in [3.8, 4) is 0 Å². The molecule has 2 aromatic heterocycles. The van der Waals surface area contributed by atoms with Crippen molar-refractivity contribution in [2.24, 2.45) is 11.8 Å². The molecule has 30 heavy (non-hydrogen) atoms. The van der Waals surface area contributed by atoms with Crippen LogP contribution in [0.3, 0.4) is 0 Å². The zero-order valence-corrected chi connectivity index (χ0v) is 18.9. The fraction of sp³-hybridized carbons (Fsp3) is 0.727. The van der Waals surface area contributed by atoms with Crippen LogP contribution in [0.25, 0.3) is 11.2 Å². The van der Waals surface area contributed by atoms with Crippen molar-refractivity contribution in [2.45, 2.75) is 85.5 Å². The van der Waals surface area contributed by atoms with Crippen LogP contribution in [0.1, 0.15) is 59.8 Å². The summed E-state index contributed by atoms with van der Waals surface area (Å²) in [6.45, 7) is 9.00. The first-order valence-corrected chi connectivity index (χ1v) is 11.1. The quantitative estimate of drug-likeness (QED) is 0.693. The molecule has 2 aromatic rings. The minimum Gasteiger partial charge on any atom is -0.341 e. The fourth-order valence-corrected chi connectivity index (χ4v) is 4.36. The standard InChI is InChI=1S/C22H35N5O3/c1-15(2)11-25-14-23-20-19(25)21(29)27(22(30)26(20)12-16(3)4)13-18(28)24(5)17-9-7-6-8-10-17/h14-17H,6-13H2,1-5H3. The Kier molecular flexibility index (Phi) is 6.83. The molecule has 0 aromatic carbocycles. The highest BCUT2D eigenvalue weighted by atomic mass is 16.2. The molecule has 0 unspecified atom stereocenters. The lowest BCUT2D eigenvalue weighted by atomic mass is 9.94. The van der Waals surface area contributed by atoms with E-state index in [-0.39, 0.29) is 24.4 Å². The van der Waals surface area contributed by atoms with Gasteiger partial charge in [-0.05, 0) is 24.7 Å². The molecule has 166 valence electrons. The summed E-state index contributed by atoms with van der Waals surface area (Å²) in [5, 5.41) is 0. The summed E-state index contributed by atoms with van der Waals surface area (Å²) >= 11 is 0. The summed E-state index contributed by atoms with van der Waals surface area (Å²) in [7, 11) is 1.79. The number of rotatable bonds is 7. The number of hydrogen-bond acceptors (Lipinski definition) is 4. The molecule has 0 bridgehead atoms. The Morgan fingerprint density at radius 3 is 2.30 bits per heavy atom. The van der Waals surface area contributed by atoms with Crippen LogP contribution in [0.5, 0.6) is 0 Å². The first kappa shape index (κ1) is 22.3. The van der Waals surface area contributed by atoms with Crippen LogP contribution in [-0.4, -0.2) is 42.6 Å². The number of hydrogen-bond donors (Lipinski definition) is 0. The van der Waals surface area contributed by atoms with Gasteiger partial charge in [0.15, 0.2) is 11.2 Å². The molecule has 3 rings (SSSR count). The third-order valence-corrected chi connectivity index (χ3v) is 5.90. The van der Waals surface area contributed by atoms with Crippen LogP contribution in [0.2, 0.25) is 0 Å². The Bertz CT molecular complexity index is 1010. The van der Waals surface area contributed by atoms with Gasteiger partial charge in [0.1, 0.15) is 6.54 Å². The molecule has 0 spiro atoms. The van der Waals surface area contributed by atoms with Gasteiger partial charge in [-0.15, -0.1) is 0 Å². The molecule has 0 radical (unpaired) electrons. The van der Waals surface area contributed by atoms with Crippen molar-refractivity contribution < 1.29 is 4.79 Å². The third kappa shape index (κ3) is 4.52. The van der Waals surface area contributed by atoms with Crippen LogP contribution in [0.15, 0.2) is 15.9 Å². The van der Waals surface area contributed by atoms with E-state index in [1.54, 1.807) is 22.8 Å². The second-order valence-electron chi connectivity index (χ2n) is 9.44. The van der Waals surface area contributed by atoms with Crippen molar-refractivity contribution in [3.05, 3.63) is 27.2 Å². The van der Waals surface area contributed by atoms with E-state index < -0.39 is 11.2 Å².